The van der Waals surface area contributed by atoms with Crippen molar-refractivity contribution in [2.24, 2.45) is 0 Å². The highest BCUT2D eigenvalue weighted by atomic mass is 16.5. The first-order valence-electron chi connectivity index (χ1n) is 5.36. The smallest absolute Gasteiger partial charge is 0.303 e. The maximum Gasteiger partial charge on any atom is 0.303 e. The zero-order chi connectivity index (χ0) is 12.2. The van der Waals surface area contributed by atoms with Crippen LogP contribution in [0.15, 0.2) is 24.3 Å². The van der Waals surface area contributed by atoms with Gasteiger partial charge in [0, 0.05) is 6.42 Å². The number of carboxylic acids is 1. The summed E-state index contributed by atoms with van der Waals surface area (Å²) in [5.41, 5.74) is 0.679. The molecule has 0 aliphatic heterocycles. The van der Waals surface area contributed by atoms with Crippen molar-refractivity contribution in [3.63, 3.8) is 0 Å². The lowest BCUT2D eigenvalue weighted by molar-refractivity contribution is -0.138. The van der Waals surface area contributed by atoms with Crippen molar-refractivity contribution in [2.45, 2.75) is 39.2 Å². The van der Waals surface area contributed by atoms with Crippen LogP contribution in [0.1, 0.15) is 32.3 Å². The van der Waals surface area contributed by atoms with Crippen LogP contribution in [0.2, 0.25) is 0 Å². The van der Waals surface area contributed by atoms with Crippen LogP contribution in [0.25, 0.3) is 0 Å². The van der Waals surface area contributed by atoms with Gasteiger partial charge in [-0.15, -0.1) is 0 Å². The maximum atomic E-state index is 10.5. The van der Waals surface area contributed by atoms with Crippen LogP contribution in [0.3, 0.4) is 0 Å². The number of carboxylic acid groups (broad SMARTS) is 1. The molecule has 0 amide bonds. The van der Waals surface area contributed by atoms with Crippen LogP contribution in [-0.2, 0) is 4.79 Å². The van der Waals surface area contributed by atoms with Gasteiger partial charge in [-0.1, -0.05) is 12.1 Å². The van der Waals surface area contributed by atoms with Crippen LogP contribution in [0, 0.1) is 6.92 Å². The fourth-order valence-corrected chi connectivity index (χ4v) is 1.46. The second-order valence-corrected chi connectivity index (χ2v) is 4.57. The highest BCUT2D eigenvalue weighted by Gasteiger charge is 2.21. The molecule has 0 saturated carbocycles. The van der Waals surface area contributed by atoms with Crippen LogP contribution in [0.5, 0.6) is 5.75 Å². The van der Waals surface area contributed by atoms with Crippen LogP contribution in [-0.4, -0.2) is 16.7 Å². The van der Waals surface area contributed by atoms with Crippen molar-refractivity contribution >= 4 is 5.97 Å². The summed E-state index contributed by atoms with van der Waals surface area (Å²) in [4.78, 5) is 10.5. The largest absolute Gasteiger partial charge is 0.488 e. The summed E-state index contributed by atoms with van der Waals surface area (Å²) in [6.45, 7) is 5.80. The standard InChI is InChI=1S/C13H18O3/c1-10-5-4-6-11(9-10)16-13(2,3)8-7-12(14)15/h4-6,9H,7-8H2,1-3H3,(H,14,15). The molecule has 3 nitrogen and oxygen atoms in total. The summed E-state index contributed by atoms with van der Waals surface area (Å²) in [5.74, 6) is -0.00342. The molecule has 1 rings (SSSR count). The zero-order valence-corrected chi connectivity index (χ0v) is 9.99. The molecule has 0 spiro atoms. The number of rotatable bonds is 5. The Balaban J connectivity index is 2.61. The summed E-state index contributed by atoms with van der Waals surface area (Å²) in [6, 6.07) is 7.76. The first-order valence-corrected chi connectivity index (χ1v) is 5.36. The van der Waals surface area contributed by atoms with E-state index < -0.39 is 11.6 Å². The van der Waals surface area contributed by atoms with Gasteiger partial charge in [0.15, 0.2) is 0 Å². The Morgan fingerprint density at radius 2 is 2.12 bits per heavy atom. The molecule has 1 aromatic rings. The molecule has 0 saturated heterocycles. The van der Waals surface area contributed by atoms with Gasteiger partial charge in [0.2, 0.25) is 0 Å². The van der Waals surface area contributed by atoms with E-state index in [1.54, 1.807) is 0 Å². The number of aryl methyl sites for hydroxylation is 1. The minimum Gasteiger partial charge on any atom is -0.488 e. The molecule has 0 fully saturated rings. The van der Waals surface area contributed by atoms with Crippen molar-refractivity contribution in [3.05, 3.63) is 29.8 Å². The molecule has 0 aliphatic rings. The highest BCUT2D eigenvalue weighted by molar-refractivity contribution is 5.66. The molecule has 1 N–H and O–H groups in total. The van der Waals surface area contributed by atoms with Crippen molar-refractivity contribution in [1.82, 2.24) is 0 Å². The van der Waals surface area contributed by atoms with E-state index >= 15 is 0 Å². The molecule has 0 heterocycles. The molecule has 0 unspecified atom stereocenters. The molecule has 0 radical (unpaired) electrons. The third-order valence-electron chi connectivity index (χ3n) is 2.32. The van der Waals surface area contributed by atoms with Gasteiger partial charge in [0.05, 0.1) is 0 Å². The fourth-order valence-electron chi connectivity index (χ4n) is 1.46. The highest BCUT2D eigenvalue weighted by Crippen LogP contribution is 2.22. The van der Waals surface area contributed by atoms with E-state index in [0.29, 0.717) is 6.42 Å². The van der Waals surface area contributed by atoms with E-state index in [2.05, 4.69) is 0 Å². The molecular weight excluding hydrogens is 204 g/mol. The van der Waals surface area contributed by atoms with Crippen LogP contribution in [0.4, 0.5) is 0 Å². The molecule has 0 atom stereocenters. The lowest BCUT2D eigenvalue weighted by Crippen LogP contribution is -2.29. The van der Waals surface area contributed by atoms with Crippen molar-refractivity contribution in [1.29, 1.82) is 0 Å². The Kier molecular flexibility index (Phi) is 3.93. The average Bonchev–Trinajstić information content (AvgIpc) is 2.14. The van der Waals surface area contributed by atoms with Gasteiger partial charge in [-0.25, -0.2) is 0 Å². The summed E-state index contributed by atoms with van der Waals surface area (Å²) in [5, 5.41) is 8.63. The molecule has 0 bridgehead atoms. The Hall–Kier alpha value is -1.51. The number of hydrogen-bond donors (Lipinski definition) is 1. The Bertz CT molecular complexity index is 369. The Morgan fingerprint density at radius 3 is 2.69 bits per heavy atom. The first kappa shape index (κ1) is 12.6. The summed E-state index contributed by atoms with van der Waals surface area (Å²) in [6.07, 6.45) is 0.620. The number of benzene rings is 1. The van der Waals surface area contributed by atoms with Gasteiger partial charge < -0.3 is 9.84 Å². The summed E-state index contributed by atoms with van der Waals surface area (Å²) in [7, 11) is 0. The first-order chi connectivity index (χ1) is 7.39. The molecule has 0 aliphatic carbocycles. The number of hydrogen-bond acceptors (Lipinski definition) is 2. The Labute approximate surface area is 96.1 Å². The predicted octanol–water partition coefficient (Wildman–Crippen LogP) is 3.02. The SMILES string of the molecule is Cc1cccc(OC(C)(C)CCC(=O)O)c1. The van der Waals surface area contributed by atoms with Gasteiger partial charge in [-0.3, -0.25) is 4.79 Å². The quantitative estimate of drug-likeness (QED) is 0.833. The second kappa shape index (κ2) is 5.01. The monoisotopic (exact) mass is 222 g/mol. The van der Waals surface area contributed by atoms with Crippen LogP contribution >= 0.6 is 0 Å². The topological polar surface area (TPSA) is 46.5 Å². The summed E-state index contributed by atoms with van der Waals surface area (Å²) < 4.78 is 5.77. The minimum absolute atomic E-state index is 0.124. The number of ether oxygens (including phenoxy) is 1. The van der Waals surface area contributed by atoms with Crippen LogP contribution < -0.4 is 4.74 Å². The molecule has 1 aromatic carbocycles. The zero-order valence-electron chi connectivity index (χ0n) is 9.99. The van der Waals surface area contributed by atoms with Gasteiger partial charge in [-0.2, -0.15) is 0 Å². The fraction of sp³-hybridized carbons (Fsp3) is 0.462. The lowest BCUT2D eigenvalue weighted by Gasteiger charge is -2.26. The van der Waals surface area contributed by atoms with Crippen molar-refractivity contribution in [2.75, 3.05) is 0 Å². The maximum absolute atomic E-state index is 10.5. The van der Waals surface area contributed by atoms with E-state index in [4.69, 9.17) is 9.84 Å². The van der Waals surface area contributed by atoms with E-state index in [9.17, 15) is 4.79 Å². The van der Waals surface area contributed by atoms with E-state index in [0.717, 1.165) is 11.3 Å². The molecule has 88 valence electrons. The van der Waals surface area contributed by atoms with Gasteiger partial charge in [0.25, 0.3) is 0 Å². The number of carbonyl (C=O) groups is 1. The van der Waals surface area contributed by atoms with Gasteiger partial charge in [-0.05, 0) is 44.9 Å². The van der Waals surface area contributed by atoms with E-state index in [-0.39, 0.29) is 6.42 Å². The summed E-state index contributed by atoms with van der Waals surface area (Å²) >= 11 is 0. The number of aliphatic carboxylic acids is 1. The second-order valence-electron chi connectivity index (χ2n) is 4.57. The predicted molar refractivity (Wildman–Crippen MR) is 62.8 cm³/mol. The van der Waals surface area contributed by atoms with Crippen molar-refractivity contribution in [3.8, 4) is 5.75 Å². The van der Waals surface area contributed by atoms with Crippen molar-refractivity contribution < 1.29 is 14.6 Å². The third-order valence-corrected chi connectivity index (χ3v) is 2.32. The lowest BCUT2D eigenvalue weighted by atomic mass is 10.0. The normalized spacial score (nSPS) is 11.2. The average molecular weight is 222 g/mol. The molecular formula is C13H18O3. The van der Waals surface area contributed by atoms with Gasteiger partial charge in [0.1, 0.15) is 11.4 Å². The van der Waals surface area contributed by atoms with E-state index in [1.165, 1.54) is 0 Å². The minimum atomic E-state index is -0.791. The molecule has 3 heteroatoms. The molecule has 0 aromatic heterocycles. The van der Waals surface area contributed by atoms with E-state index in [1.807, 2.05) is 45.0 Å². The third kappa shape index (κ3) is 4.34. The van der Waals surface area contributed by atoms with Gasteiger partial charge >= 0.3 is 5.97 Å². The Morgan fingerprint density at radius 1 is 1.44 bits per heavy atom. The molecule has 16 heavy (non-hydrogen) atoms.